The van der Waals surface area contributed by atoms with Gasteiger partial charge in [-0.15, -0.1) is 23.1 Å². The Balaban J connectivity index is 1.83. The second kappa shape index (κ2) is 9.63. The summed E-state index contributed by atoms with van der Waals surface area (Å²) in [5, 5.41) is 6.38. The molecule has 32 heavy (non-hydrogen) atoms. The van der Waals surface area contributed by atoms with Crippen molar-refractivity contribution in [2.45, 2.75) is 63.5 Å². The molecule has 1 unspecified atom stereocenters. The molecule has 1 aliphatic heterocycles. The fraction of sp³-hybridized carbons (Fsp3) is 0.400. The van der Waals surface area contributed by atoms with Gasteiger partial charge in [0.2, 0.25) is 0 Å². The second-order valence-electron chi connectivity index (χ2n) is 8.18. The Hall–Kier alpha value is -2.38. The van der Waals surface area contributed by atoms with E-state index in [0.29, 0.717) is 17.8 Å². The Morgan fingerprint density at radius 1 is 1.28 bits per heavy atom. The summed E-state index contributed by atoms with van der Waals surface area (Å²) in [7, 11) is 0. The summed E-state index contributed by atoms with van der Waals surface area (Å²) in [6.07, 6.45) is 4.84. The van der Waals surface area contributed by atoms with E-state index in [2.05, 4.69) is 35.5 Å². The largest absolute Gasteiger partial charge is 0.362 e. The van der Waals surface area contributed by atoms with Crippen molar-refractivity contribution >= 4 is 40.6 Å². The lowest BCUT2D eigenvalue weighted by Crippen LogP contribution is -2.35. The van der Waals surface area contributed by atoms with E-state index in [1.165, 1.54) is 9.09 Å². The third kappa shape index (κ3) is 4.41. The van der Waals surface area contributed by atoms with Gasteiger partial charge in [-0.1, -0.05) is 13.8 Å². The molecule has 5 nitrogen and oxygen atoms in total. The van der Waals surface area contributed by atoms with Gasteiger partial charge >= 0.3 is 0 Å². The molecular weight excluding hydrogens is 438 g/mol. The highest BCUT2D eigenvalue weighted by Gasteiger charge is 2.40. The maximum absolute atomic E-state index is 13.6. The van der Waals surface area contributed by atoms with E-state index in [9.17, 15) is 9.59 Å². The molecule has 0 saturated carbocycles. The molecule has 0 radical (unpaired) electrons. The lowest BCUT2D eigenvalue weighted by molar-refractivity contribution is -0.116. The molecule has 7 heteroatoms. The molecule has 0 aromatic carbocycles. The predicted molar refractivity (Wildman–Crippen MR) is 132 cm³/mol. The molecule has 2 aromatic rings. The smallest absolute Gasteiger partial charge is 0.255 e. The topological polar surface area (TPSA) is 71.1 Å². The standard InChI is InChI=1S/C25H29N3O2S2/c1-5-16-13-17(25(32-16)31-6-2)22-21(24(30)28-20-12-14(3)10-11-26-20)15(4)27-18-8-7-9-19(29)23(18)22/h10-13,22,27H,5-9H2,1-4H3,(H,26,28,30). The summed E-state index contributed by atoms with van der Waals surface area (Å²) in [6, 6.07) is 5.96. The van der Waals surface area contributed by atoms with Crippen LogP contribution in [0.5, 0.6) is 0 Å². The third-order valence-corrected chi connectivity index (χ3v) is 8.37. The highest BCUT2D eigenvalue weighted by atomic mass is 32.2. The lowest BCUT2D eigenvalue weighted by Gasteiger charge is -2.34. The van der Waals surface area contributed by atoms with E-state index in [0.717, 1.165) is 53.1 Å². The van der Waals surface area contributed by atoms with Crippen LogP contribution >= 0.6 is 23.1 Å². The maximum Gasteiger partial charge on any atom is 0.255 e. The number of carbonyl (C=O) groups is 2. The van der Waals surface area contributed by atoms with Gasteiger partial charge < -0.3 is 10.6 Å². The van der Waals surface area contributed by atoms with Crippen LogP contribution < -0.4 is 10.6 Å². The van der Waals surface area contributed by atoms with Gasteiger partial charge in [0.25, 0.3) is 5.91 Å². The number of ketones is 1. The van der Waals surface area contributed by atoms with E-state index < -0.39 is 0 Å². The summed E-state index contributed by atoms with van der Waals surface area (Å²) < 4.78 is 1.20. The summed E-state index contributed by atoms with van der Waals surface area (Å²) in [6.45, 7) is 8.19. The highest BCUT2D eigenvalue weighted by molar-refractivity contribution is 8.01. The van der Waals surface area contributed by atoms with Crippen LogP contribution in [0.3, 0.4) is 0 Å². The quantitative estimate of drug-likeness (QED) is 0.531. The number of thiophene rings is 1. The van der Waals surface area contributed by atoms with E-state index in [4.69, 9.17) is 0 Å². The van der Waals surface area contributed by atoms with E-state index >= 15 is 0 Å². The zero-order valence-corrected chi connectivity index (χ0v) is 20.6. The van der Waals surface area contributed by atoms with Crippen LogP contribution in [0.25, 0.3) is 0 Å². The molecule has 2 aromatic heterocycles. The van der Waals surface area contributed by atoms with Gasteiger partial charge in [-0.25, -0.2) is 4.98 Å². The molecule has 2 aliphatic rings. The molecule has 2 N–H and O–H groups in total. The van der Waals surface area contributed by atoms with E-state index in [-0.39, 0.29) is 17.6 Å². The van der Waals surface area contributed by atoms with Crippen LogP contribution in [0.4, 0.5) is 5.82 Å². The van der Waals surface area contributed by atoms with Crippen molar-refractivity contribution in [2.75, 3.05) is 11.1 Å². The molecule has 1 atom stereocenters. The van der Waals surface area contributed by atoms with Crippen molar-refractivity contribution in [3.05, 3.63) is 62.9 Å². The van der Waals surface area contributed by atoms with Crippen LogP contribution in [-0.2, 0) is 16.0 Å². The number of carbonyl (C=O) groups excluding carboxylic acids is 2. The SMILES string of the molecule is CCSc1sc(CC)cc1C1C(C(=O)Nc2cc(C)ccn2)=C(C)NC2=C1C(=O)CCC2. The maximum atomic E-state index is 13.6. The molecule has 1 amide bonds. The number of dihydropyridines is 1. The number of pyridine rings is 1. The van der Waals surface area contributed by atoms with Crippen molar-refractivity contribution in [1.29, 1.82) is 0 Å². The number of nitrogens with one attached hydrogen (secondary N) is 2. The molecule has 3 heterocycles. The van der Waals surface area contributed by atoms with Crippen molar-refractivity contribution < 1.29 is 9.59 Å². The first kappa shape index (κ1) is 22.8. The molecule has 0 spiro atoms. The Kier molecular flexibility index (Phi) is 6.86. The number of nitrogens with zero attached hydrogens (tertiary/aromatic N) is 1. The molecular formula is C25H29N3O2S2. The Labute approximate surface area is 197 Å². The van der Waals surface area contributed by atoms with Gasteiger partial charge in [-0.05, 0) is 68.2 Å². The van der Waals surface area contributed by atoms with Gasteiger partial charge in [0, 0.05) is 46.0 Å². The number of hydrogen-bond donors (Lipinski definition) is 2. The molecule has 0 bridgehead atoms. The number of anilines is 1. The lowest BCUT2D eigenvalue weighted by atomic mass is 9.75. The number of rotatable bonds is 6. The van der Waals surface area contributed by atoms with E-state index in [1.54, 1.807) is 29.3 Å². The highest BCUT2D eigenvalue weighted by Crippen LogP contribution is 2.47. The summed E-state index contributed by atoms with van der Waals surface area (Å²) in [5.41, 5.74) is 5.28. The van der Waals surface area contributed by atoms with E-state index in [1.807, 2.05) is 26.0 Å². The molecule has 1 aliphatic carbocycles. The third-order valence-electron chi connectivity index (χ3n) is 5.89. The number of Topliss-reactive ketones (excluding diaryl/α,β-unsaturated/α-hetero) is 1. The number of amides is 1. The first-order valence-electron chi connectivity index (χ1n) is 11.2. The zero-order valence-electron chi connectivity index (χ0n) is 19.0. The number of aryl methyl sites for hydroxylation is 2. The minimum Gasteiger partial charge on any atom is -0.362 e. The summed E-state index contributed by atoms with van der Waals surface area (Å²) in [5.74, 6) is 1.05. The summed E-state index contributed by atoms with van der Waals surface area (Å²) in [4.78, 5) is 32.4. The fourth-order valence-corrected chi connectivity index (χ4v) is 6.82. The second-order valence-corrected chi connectivity index (χ2v) is 10.8. The fourth-order valence-electron chi connectivity index (χ4n) is 4.44. The molecule has 168 valence electrons. The monoisotopic (exact) mass is 467 g/mol. The minimum atomic E-state index is -0.352. The van der Waals surface area contributed by atoms with Crippen molar-refractivity contribution in [2.24, 2.45) is 0 Å². The van der Waals surface area contributed by atoms with Crippen LogP contribution in [0, 0.1) is 6.92 Å². The van der Waals surface area contributed by atoms with Crippen molar-refractivity contribution in [3.63, 3.8) is 0 Å². The number of hydrogen-bond acceptors (Lipinski definition) is 6. The summed E-state index contributed by atoms with van der Waals surface area (Å²) >= 11 is 3.57. The van der Waals surface area contributed by atoms with Crippen LogP contribution in [0.15, 0.2) is 51.1 Å². The van der Waals surface area contributed by atoms with Crippen LogP contribution in [-0.4, -0.2) is 22.4 Å². The van der Waals surface area contributed by atoms with Gasteiger partial charge in [-0.3, -0.25) is 9.59 Å². The van der Waals surface area contributed by atoms with Crippen molar-refractivity contribution in [1.82, 2.24) is 10.3 Å². The van der Waals surface area contributed by atoms with Gasteiger partial charge in [0.05, 0.1) is 4.21 Å². The first-order valence-corrected chi connectivity index (χ1v) is 13.0. The Morgan fingerprint density at radius 2 is 2.09 bits per heavy atom. The number of aromatic nitrogens is 1. The predicted octanol–water partition coefficient (Wildman–Crippen LogP) is 5.73. The van der Waals surface area contributed by atoms with Crippen molar-refractivity contribution in [3.8, 4) is 0 Å². The zero-order chi connectivity index (χ0) is 22.8. The Morgan fingerprint density at radius 3 is 2.81 bits per heavy atom. The first-order chi connectivity index (χ1) is 15.4. The van der Waals surface area contributed by atoms with Gasteiger partial charge in [0.15, 0.2) is 5.78 Å². The van der Waals surface area contributed by atoms with Gasteiger partial charge in [-0.2, -0.15) is 0 Å². The normalized spacial score (nSPS) is 18.5. The average molecular weight is 468 g/mol. The molecule has 4 rings (SSSR count). The average Bonchev–Trinajstić information content (AvgIpc) is 3.16. The van der Waals surface area contributed by atoms with Crippen LogP contribution in [0.2, 0.25) is 0 Å². The minimum absolute atomic E-state index is 0.145. The molecule has 0 fully saturated rings. The number of thioether (sulfide) groups is 1. The van der Waals surface area contributed by atoms with Gasteiger partial charge in [0.1, 0.15) is 5.82 Å². The van der Waals surface area contributed by atoms with Crippen LogP contribution in [0.1, 0.15) is 62.0 Å². The number of allylic oxidation sites excluding steroid dienone is 3. The molecule has 0 saturated heterocycles. The Bertz CT molecular complexity index is 1130.